The summed E-state index contributed by atoms with van der Waals surface area (Å²) in [5, 5.41) is 3.61. The molecular formula is C17H23N3O3. The second-order valence-corrected chi connectivity index (χ2v) is 6.60. The van der Waals surface area contributed by atoms with Crippen LogP contribution >= 0.6 is 0 Å². The lowest BCUT2D eigenvalue weighted by atomic mass is 9.90. The molecule has 2 aromatic rings. The highest BCUT2D eigenvalue weighted by molar-refractivity contribution is 5.78. The molecule has 6 nitrogen and oxygen atoms in total. The van der Waals surface area contributed by atoms with Gasteiger partial charge in [0.1, 0.15) is 5.52 Å². The maximum Gasteiger partial charge on any atom is 0.297 e. The molecule has 1 saturated carbocycles. The van der Waals surface area contributed by atoms with Crippen molar-refractivity contribution >= 4 is 22.8 Å². The van der Waals surface area contributed by atoms with Crippen LogP contribution in [0.3, 0.4) is 0 Å². The highest BCUT2D eigenvalue weighted by atomic mass is 16.7. The molecule has 2 aliphatic rings. The van der Waals surface area contributed by atoms with E-state index >= 15 is 0 Å². The summed E-state index contributed by atoms with van der Waals surface area (Å²) in [6.45, 7) is 1.46. The quantitative estimate of drug-likeness (QED) is 0.939. The SMILES string of the molecule is CN(C)c1nc2ccc(NC3CCC4(CC3)OCCO4)cc2o1. The fourth-order valence-electron chi connectivity index (χ4n) is 3.42. The molecule has 1 aliphatic carbocycles. The summed E-state index contributed by atoms with van der Waals surface area (Å²) in [5.41, 5.74) is 2.77. The monoisotopic (exact) mass is 317 g/mol. The van der Waals surface area contributed by atoms with E-state index in [4.69, 9.17) is 13.9 Å². The van der Waals surface area contributed by atoms with Gasteiger partial charge >= 0.3 is 0 Å². The average Bonchev–Trinajstić information content (AvgIpc) is 3.17. The maximum absolute atomic E-state index is 5.78. The zero-order valence-electron chi connectivity index (χ0n) is 13.7. The van der Waals surface area contributed by atoms with E-state index in [2.05, 4.69) is 16.4 Å². The Kier molecular flexibility index (Phi) is 3.66. The molecule has 4 rings (SSSR count). The molecule has 0 atom stereocenters. The Morgan fingerprint density at radius 2 is 1.91 bits per heavy atom. The minimum Gasteiger partial charge on any atom is -0.423 e. The Morgan fingerprint density at radius 1 is 1.17 bits per heavy atom. The van der Waals surface area contributed by atoms with Crippen LogP contribution in [0.1, 0.15) is 25.7 Å². The molecule has 2 fully saturated rings. The predicted octanol–water partition coefficient (Wildman–Crippen LogP) is 2.99. The first-order valence-corrected chi connectivity index (χ1v) is 8.26. The van der Waals surface area contributed by atoms with Crippen LogP contribution in [0.15, 0.2) is 22.6 Å². The largest absolute Gasteiger partial charge is 0.423 e. The summed E-state index contributed by atoms with van der Waals surface area (Å²) in [6.07, 6.45) is 4.02. The van der Waals surface area contributed by atoms with Gasteiger partial charge in [0.15, 0.2) is 11.4 Å². The molecule has 23 heavy (non-hydrogen) atoms. The topological polar surface area (TPSA) is 59.8 Å². The highest BCUT2D eigenvalue weighted by Gasteiger charge is 2.40. The predicted molar refractivity (Wildman–Crippen MR) is 88.8 cm³/mol. The number of fused-ring (bicyclic) bond motifs is 1. The number of aromatic nitrogens is 1. The second-order valence-electron chi connectivity index (χ2n) is 6.60. The van der Waals surface area contributed by atoms with Crippen molar-refractivity contribution in [2.45, 2.75) is 37.5 Å². The van der Waals surface area contributed by atoms with Gasteiger partial charge in [0.2, 0.25) is 0 Å². The Hall–Kier alpha value is -1.79. The number of hydrogen-bond acceptors (Lipinski definition) is 6. The molecule has 0 radical (unpaired) electrons. The molecule has 1 spiro atoms. The number of ether oxygens (including phenoxy) is 2. The minimum absolute atomic E-state index is 0.298. The molecule has 1 aromatic heterocycles. The average molecular weight is 317 g/mol. The summed E-state index contributed by atoms with van der Waals surface area (Å²) in [6, 6.07) is 7.18. The molecule has 2 heterocycles. The smallest absolute Gasteiger partial charge is 0.297 e. The van der Waals surface area contributed by atoms with Crippen LogP contribution in [-0.4, -0.2) is 44.1 Å². The van der Waals surface area contributed by atoms with Crippen molar-refractivity contribution in [2.75, 3.05) is 37.5 Å². The third-order valence-corrected chi connectivity index (χ3v) is 4.69. The van der Waals surface area contributed by atoms with E-state index < -0.39 is 0 Å². The van der Waals surface area contributed by atoms with Gasteiger partial charge in [0.25, 0.3) is 6.01 Å². The van der Waals surface area contributed by atoms with Crippen LogP contribution < -0.4 is 10.2 Å². The molecule has 1 N–H and O–H groups in total. The van der Waals surface area contributed by atoms with E-state index in [1.54, 1.807) is 0 Å². The van der Waals surface area contributed by atoms with Crippen molar-refractivity contribution in [1.29, 1.82) is 0 Å². The fraction of sp³-hybridized carbons (Fsp3) is 0.588. The van der Waals surface area contributed by atoms with Gasteiger partial charge in [-0.2, -0.15) is 4.98 Å². The second kappa shape index (κ2) is 5.69. The van der Waals surface area contributed by atoms with E-state index in [0.717, 1.165) is 55.7 Å². The van der Waals surface area contributed by atoms with Gasteiger partial charge in [-0.1, -0.05) is 0 Å². The first-order chi connectivity index (χ1) is 11.1. The summed E-state index contributed by atoms with van der Waals surface area (Å²) < 4.78 is 17.3. The van der Waals surface area contributed by atoms with Crippen LogP contribution in [0, 0.1) is 0 Å². The van der Waals surface area contributed by atoms with Gasteiger partial charge in [0, 0.05) is 44.7 Å². The summed E-state index contributed by atoms with van der Waals surface area (Å²) in [4.78, 5) is 6.32. The van der Waals surface area contributed by atoms with E-state index in [1.165, 1.54) is 0 Å². The van der Waals surface area contributed by atoms with Crippen molar-refractivity contribution in [3.05, 3.63) is 18.2 Å². The van der Waals surface area contributed by atoms with E-state index in [0.29, 0.717) is 12.1 Å². The summed E-state index contributed by atoms with van der Waals surface area (Å²) >= 11 is 0. The highest BCUT2D eigenvalue weighted by Crippen LogP contribution is 2.36. The van der Waals surface area contributed by atoms with Crippen LogP contribution in [0.5, 0.6) is 0 Å². The van der Waals surface area contributed by atoms with Gasteiger partial charge < -0.3 is 24.1 Å². The third kappa shape index (κ3) is 2.88. The van der Waals surface area contributed by atoms with Gasteiger partial charge in [-0.25, -0.2) is 0 Å². The van der Waals surface area contributed by atoms with Crippen LogP contribution in [0.25, 0.3) is 11.1 Å². The Morgan fingerprint density at radius 3 is 2.61 bits per heavy atom. The van der Waals surface area contributed by atoms with Gasteiger partial charge in [-0.3, -0.25) is 0 Å². The number of oxazole rings is 1. The molecule has 1 aromatic carbocycles. The molecule has 1 saturated heterocycles. The van der Waals surface area contributed by atoms with Gasteiger partial charge in [-0.05, 0) is 25.0 Å². The molecule has 0 bridgehead atoms. The number of nitrogens with zero attached hydrogens (tertiary/aromatic N) is 2. The van der Waals surface area contributed by atoms with Crippen LogP contribution in [-0.2, 0) is 9.47 Å². The van der Waals surface area contributed by atoms with E-state index in [-0.39, 0.29) is 5.79 Å². The molecule has 0 unspecified atom stereocenters. The first kappa shape index (κ1) is 14.8. The lowest BCUT2D eigenvalue weighted by Crippen LogP contribution is -2.39. The Balaban J connectivity index is 1.43. The molecule has 1 aliphatic heterocycles. The van der Waals surface area contributed by atoms with Gasteiger partial charge in [0.05, 0.1) is 13.2 Å². The fourth-order valence-corrected chi connectivity index (χ4v) is 3.42. The van der Waals surface area contributed by atoms with Crippen molar-refractivity contribution in [1.82, 2.24) is 4.98 Å². The molecular weight excluding hydrogens is 294 g/mol. The Bertz CT molecular complexity index is 681. The van der Waals surface area contributed by atoms with Crippen LogP contribution in [0.2, 0.25) is 0 Å². The number of rotatable bonds is 3. The van der Waals surface area contributed by atoms with E-state index in [9.17, 15) is 0 Å². The lowest BCUT2D eigenvalue weighted by Gasteiger charge is -2.35. The van der Waals surface area contributed by atoms with E-state index in [1.807, 2.05) is 31.1 Å². The lowest BCUT2D eigenvalue weighted by molar-refractivity contribution is -0.177. The maximum atomic E-state index is 5.78. The molecule has 124 valence electrons. The summed E-state index contributed by atoms with van der Waals surface area (Å²) in [7, 11) is 3.85. The number of benzene rings is 1. The normalized spacial score (nSPS) is 21.1. The number of hydrogen-bond donors (Lipinski definition) is 1. The third-order valence-electron chi connectivity index (χ3n) is 4.69. The number of anilines is 2. The Labute approximate surface area is 135 Å². The molecule has 6 heteroatoms. The van der Waals surface area contributed by atoms with Crippen molar-refractivity contribution in [3.8, 4) is 0 Å². The summed E-state index contributed by atoms with van der Waals surface area (Å²) in [5.74, 6) is -0.298. The van der Waals surface area contributed by atoms with Gasteiger partial charge in [-0.15, -0.1) is 0 Å². The first-order valence-electron chi connectivity index (χ1n) is 8.26. The zero-order chi connectivity index (χ0) is 15.9. The van der Waals surface area contributed by atoms with Crippen molar-refractivity contribution in [2.24, 2.45) is 0 Å². The minimum atomic E-state index is -0.298. The van der Waals surface area contributed by atoms with Crippen molar-refractivity contribution in [3.63, 3.8) is 0 Å². The number of nitrogens with one attached hydrogen (secondary N) is 1. The van der Waals surface area contributed by atoms with Crippen molar-refractivity contribution < 1.29 is 13.9 Å². The zero-order valence-corrected chi connectivity index (χ0v) is 13.7. The van der Waals surface area contributed by atoms with Crippen LogP contribution in [0.4, 0.5) is 11.7 Å². The molecule has 0 amide bonds. The standard InChI is InChI=1S/C17H23N3O3/c1-20(2)16-19-14-4-3-13(11-15(14)23-16)18-12-5-7-17(8-6-12)21-9-10-22-17/h3-4,11-12,18H,5-10H2,1-2H3.